The van der Waals surface area contributed by atoms with Crippen molar-refractivity contribution in [3.63, 3.8) is 0 Å². The number of hydrogen-bond donors (Lipinski definition) is 0. The lowest BCUT2D eigenvalue weighted by Crippen LogP contribution is -2.62. The minimum atomic E-state index is -0.540. The first kappa shape index (κ1) is 14.0. The van der Waals surface area contributed by atoms with Crippen molar-refractivity contribution in [2.45, 2.75) is 44.8 Å². The summed E-state index contributed by atoms with van der Waals surface area (Å²) in [6, 6.07) is 5.08. The molecule has 1 aromatic rings. The van der Waals surface area contributed by atoms with Gasteiger partial charge in [-0.05, 0) is 32.8 Å². The molecule has 2 heterocycles. The summed E-state index contributed by atoms with van der Waals surface area (Å²) in [5.41, 5.74) is 0.456. The van der Waals surface area contributed by atoms with Crippen molar-refractivity contribution in [3.05, 3.63) is 35.6 Å². The van der Waals surface area contributed by atoms with E-state index in [0.29, 0.717) is 18.5 Å². The largest absolute Gasteiger partial charge is 0.329 e. The van der Waals surface area contributed by atoms with Crippen LogP contribution in [0.15, 0.2) is 24.3 Å². The number of benzene rings is 1. The highest BCUT2D eigenvalue weighted by Gasteiger charge is 2.47. The molecule has 112 valence electrons. The fourth-order valence-electron chi connectivity index (χ4n) is 3.50. The number of carbonyl (C=O) groups excluding carboxylic acids is 2. The van der Waals surface area contributed by atoms with Crippen molar-refractivity contribution in [2.24, 2.45) is 0 Å². The molecular weight excluding hydrogens is 271 g/mol. The van der Waals surface area contributed by atoms with E-state index in [1.54, 1.807) is 41.8 Å². The van der Waals surface area contributed by atoms with Gasteiger partial charge < -0.3 is 9.80 Å². The molecule has 0 N–H and O–H groups in total. The average Bonchev–Trinajstić information content (AvgIpc) is 2.95. The van der Waals surface area contributed by atoms with Crippen LogP contribution in [0.25, 0.3) is 0 Å². The minimum absolute atomic E-state index is 0.0275. The third-order valence-electron chi connectivity index (χ3n) is 4.62. The number of hydrogen-bond acceptors (Lipinski definition) is 2. The molecule has 3 atom stereocenters. The van der Waals surface area contributed by atoms with Gasteiger partial charge in [0.15, 0.2) is 0 Å². The second kappa shape index (κ2) is 5.13. The van der Waals surface area contributed by atoms with Crippen molar-refractivity contribution in [3.8, 4) is 0 Å². The molecule has 0 spiro atoms. The van der Waals surface area contributed by atoms with Gasteiger partial charge in [0.1, 0.15) is 17.9 Å². The highest BCUT2D eigenvalue weighted by atomic mass is 19.1. The predicted molar refractivity (Wildman–Crippen MR) is 75.9 cm³/mol. The minimum Gasteiger partial charge on any atom is -0.329 e. The Balaban J connectivity index is 1.95. The molecule has 0 aliphatic carbocycles. The second-order valence-corrected chi connectivity index (χ2v) is 5.81. The zero-order chi connectivity index (χ0) is 15.1. The SMILES string of the molecule is CC1C(=O)N2CCCC2C(=O)N1C(C)c1ccccc1F. The van der Waals surface area contributed by atoms with Crippen molar-refractivity contribution in [1.29, 1.82) is 0 Å². The van der Waals surface area contributed by atoms with Gasteiger partial charge in [-0.2, -0.15) is 0 Å². The third kappa shape index (κ3) is 2.11. The van der Waals surface area contributed by atoms with Crippen LogP contribution in [-0.4, -0.2) is 40.2 Å². The molecule has 4 nitrogen and oxygen atoms in total. The van der Waals surface area contributed by atoms with E-state index in [9.17, 15) is 14.0 Å². The molecule has 5 heteroatoms. The Morgan fingerprint density at radius 2 is 1.95 bits per heavy atom. The Kier molecular flexibility index (Phi) is 3.43. The zero-order valence-corrected chi connectivity index (χ0v) is 12.3. The quantitative estimate of drug-likeness (QED) is 0.837. The van der Waals surface area contributed by atoms with E-state index in [-0.39, 0.29) is 23.7 Å². The van der Waals surface area contributed by atoms with Gasteiger partial charge in [-0.1, -0.05) is 18.2 Å². The molecule has 0 radical (unpaired) electrons. The van der Waals surface area contributed by atoms with Gasteiger partial charge in [0.25, 0.3) is 0 Å². The lowest BCUT2D eigenvalue weighted by atomic mass is 9.99. The van der Waals surface area contributed by atoms with Crippen LogP contribution in [0.3, 0.4) is 0 Å². The Morgan fingerprint density at radius 3 is 2.67 bits per heavy atom. The number of halogens is 1. The first-order chi connectivity index (χ1) is 10.0. The fraction of sp³-hybridized carbons (Fsp3) is 0.500. The molecular formula is C16H19FN2O2. The van der Waals surface area contributed by atoms with E-state index in [1.807, 2.05) is 0 Å². The number of carbonyl (C=O) groups is 2. The summed E-state index contributed by atoms with van der Waals surface area (Å²) in [5.74, 6) is -0.429. The van der Waals surface area contributed by atoms with Crippen molar-refractivity contribution in [2.75, 3.05) is 6.54 Å². The Hall–Kier alpha value is -1.91. The molecule has 2 fully saturated rings. The van der Waals surface area contributed by atoms with E-state index in [0.717, 1.165) is 6.42 Å². The number of nitrogens with zero attached hydrogens (tertiary/aromatic N) is 2. The molecule has 0 aromatic heterocycles. The van der Waals surface area contributed by atoms with E-state index < -0.39 is 12.1 Å². The van der Waals surface area contributed by atoms with E-state index in [2.05, 4.69) is 0 Å². The van der Waals surface area contributed by atoms with Gasteiger partial charge in [0, 0.05) is 12.1 Å². The van der Waals surface area contributed by atoms with E-state index >= 15 is 0 Å². The molecule has 0 saturated carbocycles. The second-order valence-electron chi connectivity index (χ2n) is 5.81. The third-order valence-corrected chi connectivity index (χ3v) is 4.62. The molecule has 21 heavy (non-hydrogen) atoms. The number of amides is 2. The number of rotatable bonds is 2. The molecule has 1 aromatic carbocycles. The summed E-state index contributed by atoms with van der Waals surface area (Å²) in [5, 5.41) is 0. The Labute approximate surface area is 123 Å². The Bertz CT molecular complexity index is 589. The van der Waals surface area contributed by atoms with Crippen LogP contribution in [0.2, 0.25) is 0 Å². The van der Waals surface area contributed by atoms with Crippen LogP contribution >= 0.6 is 0 Å². The highest BCUT2D eigenvalue weighted by molar-refractivity contribution is 5.97. The molecule has 2 aliphatic rings. The summed E-state index contributed by atoms with van der Waals surface area (Å²) >= 11 is 0. The van der Waals surface area contributed by atoms with Gasteiger partial charge in [0.05, 0.1) is 6.04 Å². The van der Waals surface area contributed by atoms with Crippen LogP contribution in [-0.2, 0) is 9.59 Å². The number of piperazine rings is 1. The molecule has 2 aliphatic heterocycles. The van der Waals surface area contributed by atoms with Gasteiger partial charge in [-0.25, -0.2) is 4.39 Å². The standard InChI is InChI=1S/C16H19FN2O2/c1-10(12-6-3-4-7-13(12)17)19-11(2)15(20)18-9-5-8-14(18)16(19)21/h3-4,6-7,10-11,14H,5,8-9H2,1-2H3. The summed E-state index contributed by atoms with van der Waals surface area (Å²) in [7, 11) is 0. The maximum atomic E-state index is 14.0. The lowest BCUT2D eigenvalue weighted by Gasteiger charge is -2.44. The van der Waals surface area contributed by atoms with Gasteiger partial charge in [-0.3, -0.25) is 9.59 Å². The predicted octanol–water partition coefficient (Wildman–Crippen LogP) is 2.11. The summed E-state index contributed by atoms with van der Waals surface area (Å²) in [6.07, 6.45) is 1.56. The van der Waals surface area contributed by atoms with Crippen LogP contribution in [0.5, 0.6) is 0 Å². The van der Waals surface area contributed by atoms with Gasteiger partial charge in [-0.15, -0.1) is 0 Å². The smallest absolute Gasteiger partial charge is 0.246 e. The first-order valence-corrected chi connectivity index (χ1v) is 7.39. The topological polar surface area (TPSA) is 40.6 Å². The molecule has 3 rings (SSSR count). The number of fused-ring (bicyclic) bond motifs is 1. The molecule has 2 saturated heterocycles. The van der Waals surface area contributed by atoms with Gasteiger partial charge in [0.2, 0.25) is 11.8 Å². The zero-order valence-electron chi connectivity index (χ0n) is 12.3. The van der Waals surface area contributed by atoms with Crippen LogP contribution < -0.4 is 0 Å². The molecule has 2 amide bonds. The average molecular weight is 290 g/mol. The monoisotopic (exact) mass is 290 g/mol. The highest BCUT2D eigenvalue weighted by Crippen LogP contribution is 2.33. The van der Waals surface area contributed by atoms with Crippen molar-refractivity contribution >= 4 is 11.8 Å². The van der Waals surface area contributed by atoms with Crippen LogP contribution in [0.1, 0.15) is 38.3 Å². The summed E-state index contributed by atoms with van der Waals surface area (Å²) < 4.78 is 14.0. The Morgan fingerprint density at radius 1 is 1.24 bits per heavy atom. The summed E-state index contributed by atoms with van der Waals surface area (Å²) in [4.78, 5) is 28.3. The maximum absolute atomic E-state index is 14.0. The van der Waals surface area contributed by atoms with Gasteiger partial charge >= 0.3 is 0 Å². The van der Waals surface area contributed by atoms with Crippen LogP contribution in [0, 0.1) is 5.82 Å². The van der Waals surface area contributed by atoms with Crippen molar-refractivity contribution in [1.82, 2.24) is 9.80 Å². The normalized spacial score (nSPS) is 27.0. The van der Waals surface area contributed by atoms with E-state index in [4.69, 9.17) is 0 Å². The molecule has 0 bridgehead atoms. The maximum Gasteiger partial charge on any atom is 0.246 e. The molecule has 3 unspecified atom stereocenters. The first-order valence-electron chi connectivity index (χ1n) is 7.39. The van der Waals surface area contributed by atoms with Crippen molar-refractivity contribution < 1.29 is 14.0 Å². The fourth-order valence-corrected chi connectivity index (χ4v) is 3.50. The summed E-state index contributed by atoms with van der Waals surface area (Å²) in [6.45, 7) is 4.17. The lowest BCUT2D eigenvalue weighted by molar-refractivity contribution is -0.161. The van der Waals surface area contributed by atoms with Crippen LogP contribution in [0.4, 0.5) is 4.39 Å². The van der Waals surface area contributed by atoms with E-state index in [1.165, 1.54) is 6.07 Å².